The summed E-state index contributed by atoms with van der Waals surface area (Å²) in [7, 11) is 0. The van der Waals surface area contributed by atoms with Crippen molar-refractivity contribution >= 4 is 23.4 Å². The Labute approximate surface area is 196 Å². The standard InChI is InChI=1S/C22H21ClF6N2O3/c1-13-10-16(6-7-17(13)23)30-20(32)34-19(22(27,28)29)12-31-8-9-33-18(11-31)14-2-4-15(5-3-14)21(24,25)26/h2-7,10,18-19H,8-9,11-12H2,1H3,(H,30,32)/t18-,19?/m1/s1. The van der Waals surface area contributed by atoms with Gasteiger partial charge in [0, 0.05) is 30.3 Å². The Bertz CT molecular complexity index is 998. The molecule has 0 aliphatic carbocycles. The zero-order valence-electron chi connectivity index (χ0n) is 17.8. The minimum atomic E-state index is -4.84. The molecule has 1 N–H and O–H groups in total. The lowest BCUT2D eigenvalue weighted by atomic mass is 10.0. The van der Waals surface area contributed by atoms with Crippen molar-refractivity contribution in [3.63, 3.8) is 0 Å². The van der Waals surface area contributed by atoms with E-state index >= 15 is 0 Å². The van der Waals surface area contributed by atoms with Gasteiger partial charge in [0.1, 0.15) is 0 Å². The fourth-order valence-electron chi connectivity index (χ4n) is 3.40. The fraction of sp³-hybridized carbons (Fsp3) is 0.409. The number of hydrogen-bond donors (Lipinski definition) is 1. The smallest absolute Gasteiger partial charge is 0.426 e. The number of ether oxygens (including phenoxy) is 2. The van der Waals surface area contributed by atoms with E-state index in [4.69, 9.17) is 16.3 Å². The molecule has 2 atom stereocenters. The van der Waals surface area contributed by atoms with Crippen LogP contribution in [0.5, 0.6) is 0 Å². The Morgan fingerprint density at radius 1 is 1.18 bits per heavy atom. The molecule has 0 saturated carbocycles. The van der Waals surface area contributed by atoms with Gasteiger partial charge in [0.2, 0.25) is 6.10 Å². The molecule has 3 rings (SSSR count). The quantitative estimate of drug-likeness (QED) is 0.485. The normalized spacial score (nSPS) is 18.4. The highest BCUT2D eigenvalue weighted by Gasteiger charge is 2.44. The summed E-state index contributed by atoms with van der Waals surface area (Å²) >= 11 is 5.90. The van der Waals surface area contributed by atoms with E-state index in [1.807, 2.05) is 0 Å². The average Bonchev–Trinajstić information content (AvgIpc) is 2.75. The minimum Gasteiger partial charge on any atom is -0.435 e. The molecule has 2 aromatic rings. The van der Waals surface area contributed by atoms with Crippen LogP contribution in [-0.4, -0.2) is 49.5 Å². The molecule has 0 spiro atoms. The van der Waals surface area contributed by atoms with Gasteiger partial charge in [-0.3, -0.25) is 10.2 Å². The molecule has 5 nitrogen and oxygen atoms in total. The maximum Gasteiger partial charge on any atom is 0.426 e. The number of anilines is 1. The van der Waals surface area contributed by atoms with E-state index in [9.17, 15) is 31.1 Å². The van der Waals surface area contributed by atoms with Crippen molar-refractivity contribution in [3.05, 3.63) is 64.2 Å². The lowest BCUT2D eigenvalue weighted by Gasteiger charge is -2.35. The summed E-state index contributed by atoms with van der Waals surface area (Å²) in [5.74, 6) is 0. The van der Waals surface area contributed by atoms with E-state index in [1.54, 1.807) is 6.92 Å². The van der Waals surface area contributed by atoms with Crippen LogP contribution in [0.3, 0.4) is 0 Å². The van der Waals surface area contributed by atoms with Gasteiger partial charge in [0.15, 0.2) is 0 Å². The molecular weight excluding hydrogens is 490 g/mol. The fourth-order valence-corrected chi connectivity index (χ4v) is 3.52. The Hall–Kier alpha value is -2.50. The van der Waals surface area contributed by atoms with E-state index in [-0.39, 0.29) is 25.4 Å². The van der Waals surface area contributed by atoms with Crippen LogP contribution in [0.4, 0.5) is 36.8 Å². The van der Waals surface area contributed by atoms with Gasteiger partial charge in [0.25, 0.3) is 0 Å². The summed E-state index contributed by atoms with van der Waals surface area (Å²) in [6.45, 7) is 1.19. The molecule has 1 heterocycles. The van der Waals surface area contributed by atoms with Crippen molar-refractivity contribution in [2.75, 3.05) is 31.6 Å². The summed E-state index contributed by atoms with van der Waals surface area (Å²) in [6, 6.07) is 8.65. The van der Waals surface area contributed by atoms with Crippen molar-refractivity contribution in [1.29, 1.82) is 0 Å². The first-order valence-electron chi connectivity index (χ1n) is 10.1. The Kier molecular flexibility index (Phi) is 7.99. The molecule has 1 fully saturated rings. The van der Waals surface area contributed by atoms with Crippen LogP contribution in [0.25, 0.3) is 0 Å². The number of benzene rings is 2. The van der Waals surface area contributed by atoms with Crippen LogP contribution in [0.2, 0.25) is 5.02 Å². The highest BCUT2D eigenvalue weighted by Crippen LogP contribution is 2.32. The first-order chi connectivity index (χ1) is 15.8. The molecule has 2 aromatic carbocycles. The summed E-state index contributed by atoms with van der Waals surface area (Å²) < 4.78 is 89.2. The van der Waals surface area contributed by atoms with Crippen molar-refractivity contribution < 1.29 is 40.6 Å². The summed E-state index contributed by atoms with van der Waals surface area (Å²) in [4.78, 5) is 13.5. The van der Waals surface area contributed by atoms with Crippen molar-refractivity contribution in [1.82, 2.24) is 4.90 Å². The SMILES string of the molecule is Cc1cc(NC(=O)OC(CN2CCO[C@@H](c3ccc(C(F)(F)F)cc3)C2)C(F)(F)F)ccc1Cl. The highest BCUT2D eigenvalue weighted by molar-refractivity contribution is 6.31. The van der Waals surface area contributed by atoms with Gasteiger partial charge in [-0.05, 0) is 48.4 Å². The van der Waals surface area contributed by atoms with Gasteiger partial charge in [-0.25, -0.2) is 4.79 Å². The van der Waals surface area contributed by atoms with Gasteiger partial charge < -0.3 is 9.47 Å². The molecule has 0 aromatic heterocycles. The van der Waals surface area contributed by atoms with Crippen LogP contribution in [0.1, 0.15) is 22.8 Å². The second-order valence-corrected chi connectivity index (χ2v) is 8.17. The lowest BCUT2D eigenvalue weighted by Crippen LogP contribution is -2.48. The Balaban J connectivity index is 1.64. The number of alkyl halides is 6. The molecule has 1 aliphatic heterocycles. The molecule has 1 unspecified atom stereocenters. The number of morpholine rings is 1. The largest absolute Gasteiger partial charge is 0.435 e. The van der Waals surface area contributed by atoms with Gasteiger partial charge >= 0.3 is 18.4 Å². The van der Waals surface area contributed by atoms with Crippen LogP contribution in [0, 0.1) is 6.92 Å². The van der Waals surface area contributed by atoms with E-state index in [0.29, 0.717) is 16.1 Å². The number of carbonyl (C=O) groups is 1. The maximum absolute atomic E-state index is 13.6. The molecular formula is C22H21ClF6N2O3. The van der Waals surface area contributed by atoms with E-state index in [0.717, 1.165) is 12.1 Å². The first-order valence-corrected chi connectivity index (χ1v) is 10.5. The number of halogens is 7. The number of nitrogens with one attached hydrogen (secondary N) is 1. The first kappa shape index (κ1) is 26.1. The summed E-state index contributed by atoms with van der Waals surface area (Å²) in [6.07, 6.45) is -13.8. The molecule has 1 saturated heterocycles. The third kappa shape index (κ3) is 7.00. The number of aryl methyl sites for hydroxylation is 1. The number of nitrogens with zero attached hydrogens (tertiary/aromatic N) is 1. The molecule has 12 heteroatoms. The Morgan fingerprint density at radius 3 is 2.44 bits per heavy atom. The molecule has 1 aliphatic rings. The van der Waals surface area contributed by atoms with Gasteiger partial charge in [-0.15, -0.1) is 0 Å². The number of rotatable bonds is 5. The minimum absolute atomic E-state index is 0.0146. The lowest BCUT2D eigenvalue weighted by molar-refractivity contribution is -0.209. The predicted octanol–water partition coefficient (Wildman–Crippen LogP) is 6.22. The van der Waals surface area contributed by atoms with Crippen molar-refractivity contribution in [2.24, 2.45) is 0 Å². The van der Waals surface area contributed by atoms with Crippen LogP contribution in [0.15, 0.2) is 42.5 Å². The van der Waals surface area contributed by atoms with Gasteiger partial charge in [-0.1, -0.05) is 23.7 Å². The third-order valence-electron chi connectivity index (χ3n) is 5.20. The number of amides is 1. The van der Waals surface area contributed by atoms with E-state index < -0.39 is 42.8 Å². The predicted molar refractivity (Wildman–Crippen MR) is 113 cm³/mol. The van der Waals surface area contributed by atoms with E-state index in [1.165, 1.54) is 35.2 Å². The monoisotopic (exact) mass is 510 g/mol. The average molecular weight is 511 g/mol. The molecule has 34 heavy (non-hydrogen) atoms. The Morgan fingerprint density at radius 2 is 1.85 bits per heavy atom. The summed E-state index contributed by atoms with van der Waals surface area (Å²) in [5.41, 5.74) is 0.408. The third-order valence-corrected chi connectivity index (χ3v) is 5.63. The second-order valence-electron chi connectivity index (χ2n) is 7.76. The van der Waals surface area contributed by atoms with Crippen LogP contribution < -0.4 is 5.32 Å². The van der Waals surface area contributed by atoms with Crippen molar-refractivity contribution in [2.45, 2.75) is 31.5 Å². The van der Waals surface area contributed by atoms with Crippen LogP contribution in [-0.2, 0) is 15.7 Å². The topological polar surface area (TPSA) is 50.8 Å². The highest BCUT2D eigenvalue weighted by atomic mass is 35.5. The second kappa shape index (κ2) is 10.4. The number of hydrogen-bond acceptors (Lipinski definition) is 4. The molecule has 0 radical (unpaired) electrons. The van der Waals surface area contributed by atoms with E-state index in [2.05, 4.69) is 10.1 Å². The number of carbonyl (C=O) groups excluding carboxylic acids is 1. The summed E-state index contributed by atoms with van der Waals surface area (Å²) in [5, 5.41) is 2.68. The molecule has 0 bridgehead atoms. The maximum atomic E-state index is 13.6. The van der Waals surface area contributed by atoms with Crippen molar-refractivity contribution in [3.8, 4) is 0 Å². The van der Waals surface area contributed by atoms with Gasteiger partial charge in [-0.2, -0.15) is 26.3 Å². The zero-order valence-corrected chi connectivity index (χ0v) is 18.6. The molecule has 186 valence electrons. The molecule has 1 amide bonds. The van der Waals surface area contributed by atoms with Crippen LogP contribution >= 0.6 is 11.6 Å². The zero-order chi connectivity index (χ0) is 25.1. The van der Waals surface area contributed by atoms with Gasteiger partial charge in [0.05, 0.1) is 18.3 Å².